The average molecular weight is 543 g/mol. The summed E-state index contributed by atoms with van der Waals surface area (Å²) >= 11 is 0. The van der Waals surface area contributed by atoms with Gasteiger partial charge in [0, 0.05) is 13.0 Å². The molecule has 2 fully saturated rings. The number of allylic oxidation sites excluding steroid dienone is 1. The summed E-state index contributed by atoms with van der Waals surface area (Å²) in [6, 6.07) is 8.96. The van der Waals surface area contributed by atoms with E-state index >= 15 is 0 Å². The number of hydrogen-bond acceptors (Lipinski definition) is 6. The van der Waals surface area contributed by atoms with Gasteiger partial charge < -0.3 is 10.5 Å². The summed E-state index contributed by atoms with van der Waals surface area (Å²) in [4.78, 5) is 46.0. The maximum atomic E-state index is 13.8. The minimum absolute atomic E-state index is 0.0933. The van der Waals surface area contributed by atoms with Crippen LogP contribution in [0.15, 0.2) is 36.4 Å². The fourth-order valence-electron chi connectivity index (χ4n) is 5.24. The molecule has 9 nitrogen and oxygen atoms in total. The highest BCUT2D eigenvalue weighted by atomic mass is 16.8. The van der Waals surface area contributed by atoms with E-state index in [2.05, 4.69) is 10.9 Å². The number of benzene rings is 1. The van der Waals surface area contributed by atoms with Crippen molar-refractivity contribution < 1.29 is 24.0 Å². The smallest absolute Gasteiger partial charge is 0.257 e. The first kappa shape index (κ1) is 30.8. The number of hydrazine groups is 1. The number of hydroxylamine groups is 1. The molecule has 9 heteroatoms. The number of nitrogens with zero attached hydrogens (tertiary/aromatic N) is 1. The van der Waals surface area contributed by atoms with E-state index in [0.29, 0.717) is 25.9 Å². The Morgan fingerprint density at radius 2 is 1.72 bits per heavy atom. The van der Waals surface area contributed by atoms with E-state index in [0.717, 1.165) is 44.1 Å². The predicted octanol–water partition coefficient (Wildman–Crippen LogP) is 4.09. The Kier molecular flexibility index (Phi) is 12.4. The molecule has 1 heterocycles. The van der Waals surface area contributed by atoms with Gasteiger partial charge >= 0.3 is 0 Å². The van der Waals surface area contributed by atoms with E-state index in [4.69, 9.17) is 15.3 Å². The van der Waals surface area contributed by atoms with Crippen molar-refractivity contribution in [2.45, 2.75) is 96.9 Å². The minimum atomic E-state index is -0.744. The molecule has 0 radical (unpaired) electrons. The molecule has 1 aliphatic heterocycles. The van der Waals surface area contributed by atoms with Gasteiger partial charge in [-0.2, -0.15) is 0 Å². The zero-order valence-corrected chi connectivity index (χ0v) is 23.6. The third kappa shape index (κ3) is 9.74. The van der Waals surface area contributed by atoms with E-state index < -0.39 is 24.2 Å². The summed E-state index contributed by atoms with van der Waals surface area (Å²) in [6.45, 7) is 6.25. The normalized spacial score (nSPS) is 20.5. The first-order valence-corrected chi connectivity index (χ1v) is 14.4. The topological polar surface area (TPSA) is 123 Å². The first-order valence-electron chi connectivity index (χ1n) is 14.4. The zero-order valence-electron chi connectivity index (χ0n) is 23.6. The molecule has 1 saturated carbocycles. The molecule has 0 aromatic heterocycles. The molecule has 3 amide bonds. The Labute approximate surface area is 232 Å². The molecular formula is C30H46N4O5. The minimum Gasteiger partial charge on any atom is -0.350 e. The summed E-state index contributed by atoms with van der Waals surface area (Å²) in [5.74, 6) is -2.32. The number of carbonyl (C=O) groups is 3. The van der Waals surface area contributed by atoms with Crippen LogP contribution in [-0.2, 0) is 24.0 Å². The van der Waals surface area contributed by atoms with E-state index in [1.54, 1.807) is 6.92 Å². The van der Waals surface area contributed by atoms with Crippen LogP contribution in [0.4, 0.5) is 0 Å². The van der Waals surface area contributed by atoms with Gasteiger partial charge in [0.2, 0.25) is 11.8 Å². The molecule has 1 aromatic carbocycles. The third-order valence-corrected chi connectivity index (χ3v) is 7.36. The van der Waals surface area contributed by atoms with Crippen molar-refractivity contribution in [3.05, 3.63) is 42.0 Å². The standard InChI is InChI=1S/C30H46N4O5/c1-21(2)20-26(28(35)32-34(30(37)22(3)31)24-15-7-8-16-24)25(17-11-14-23-12-5-4-6-13-23)29(36)33-39-27-18-9-10-19-38-27/h4-6,11-14,21-22,24-27H,7-10,15-20,31H2,1-3H3,(H,32,35)(H,33,36)/t22-,25-,26+,27?/m1/s1. The molecule has 2 aliphatic rings. The SMILES string of the molecule is CC(C)C[C@H](C(=O)NN(C(=O)[C@@H](C)N)C1CCCC1)[C@@H](CC=Cc1ccccc1)C(=O)NOC1CCCCO1. The molecule has 3 rings (SSSR count). The maximum Gasteiger partial charge on any atom is 0.257 e. The van der Waals surface area contributed by atoms with Crippen molar-refractivity contribution >= 4 is 23.8 Å². The number of ether oxygens (including phenoxy) is 1. The number of hydrogen-bond donors (Lipinski definition) is 3. The van der Waals surface area contributed by atoms with Gasteiger partial charge in [-0.15, -0.1) is 0 Å². The van der Waals surface area contributed by atoms with Crippen LogP contribution in [0.25, 0.3) is 6.08 Å². The van der Waals surface area contributed by atoms with Gasteiger partial charge in [0.25, 0.3) is 5.91 Å². The Balaban J connectivity index is 1.82. The van der Waals surface area contributed by atoms with Gasteiger partial charge in [-0.25, -0.2) is 15.3 Å². The van der Waals surface area contributed by atoms with Crippen LogP contribution < -0.4 is 16.6 Å². The van der Waals surface area contributed by atoms with Crippen LogP contribution in [0.2, 0.25) is 0 Å². The highest BCUT2D eigenvalue weighted by Gasteiger charge is 2.37. The van der Waals surface area contributed by atoms with Gasteiger partial charge in [-0.05, 0) is 56.9 Å². The summed E-state index contributed by atoms with van der Waals surface area (Å²) in [7, 11) is 0. The van der Waals surface area contributed by atoms with E-state index in [1.165, 1.54) is 5.01 Å². The number of carbonyl (C=O) groups excluding carboxylic acids is 3. The van der Waals surface area contributed by atoms with Gasteiger partial charge in [0.1, 0.15) is 0 Å². The van der Waals surface area contributed by atoms with E-state index in [-0.39, 0.29) is 29.7 Å². The third-order valence-electron chi connectivity index (χ3n) is 7.36. The first-order chi connectivity index (χ1) is 18.8. The van der Waals surface area contributed by atoms with Crippen LogP contribution in [0.3, 0.4) is 0 Å². The lowest BCUT2D eigenvalue weighted by Gasteiger charge is -2.34. The van der Waals surface area contributed by atoms with Crippen LogP contribution >= 0.6 is 0 Å². The molecule has 0 spiro atoms. The molecular weight excluding hydrogens is 496 g/mol. The van der Waals surface area contributed by atoms with Gasteiger partial charge in [0.15, 0.2) is 6.29 Å². The van der Waals surface area contributed by atoms with Gasteiger partial charge in [-0.1, -0.05) is 69.2 Å². The van der Waals surface area contributed by atoms with Crippen molar-refractivity contribution in [3.8, 4) is 0 Å². The molecule has 4 N–H and O–H groups in total. The summed E-state index contributed by atoms with van der Waals surface area (Å²) in [6.07, 6.45) is 10.4. The summed E-state index contributed by atoms with van der Waals surface area (Å²) < 4.78 is 5.59. The number of rotatable bonds is 12. The Morgan fingerprint density at radius 3 is 2.33 bits per heavy atom. The maximum absolute atomic E-state index is 13.8. The molecule has 4 atom stereocenters. The number of nitrogens with two attached hydrogens (primary N) is 1. The van der Waals surface area contributed by atoms with Crippen LogP contribution in [0.5, 0.6) is 0 Å². The van der Waals surface area contributed by atoms with Crippen LogP contribution in [-0.4, -0.2) is 47.7 Å². The van der Waals surface area contributed by atoms with Gasteiger partial charge in [-0.3, -0.25) is 19.8 Å². The lowest BCUT2D eigenvalue weighted by Crippen LogP contribution is -2.57. The molecule has 1 saturated heterocycles. The van der Waals surface area contributed by atoms with Crippen molar-refractivity contribution in [1.82, 2.24) is 15.9 Å². The molecule has 1 aromatic rings. The Morgan fingerprint density at radius 1 is 1.03 bits per heavy atom. The molecule has 0 bridgehead atoms. The number of nitrogens with one attached hydrogen (secondary N) is 2. The Bertz CT molecular complexity index is 940. The highest BCUT2D eigenvalue weighted by molar-refractivity contribution is 5.90. The van der Waals surface area contributed by atoms with Crippen molar-refractivity contribution in [1.29, 1.82) is 0 Å². The molecule has 1 aliphatic carbocycles. The van der Waals surface area contributed by atoms with Gasteiger partial charge in [0.05, 0.1) is 23.9 Å². The fraction of sp³-hybridized carbons (Fsp3) is 0.633. The van der Waals surface area contributed by atoms with Crippen LogP contribution in [0, 0.1) is 17.8 Å². The summed E-state index contributed by atoms with van der Waals surface area (Å²) in [5.41, 5.74) is 12.4. The Hall–Kier alpha value is -2.75. The zero-order chi connectivity index (χ0) is 28.2. The second-order valence-electron chi connectivity index (χ2n) is 11.2. The lowest BCUT2D eigenvalue weighted by molar-refractivity contribution is -0.203. The van der Waals surface area contributed by atoms with Crippen molar-refractivity contribution in [3.63, 3.8) is 0 Å². The molecule has 216 valence electrons. The average Bonchev–Trinajstić information content (AvgIpc) is 3.47. The van der Waals surface area contributed by atoms with E-state index in [9.17, 15) is 14.4 Å². The fourth-order valence-corrected chi connectivity index (χ4v) is 5.24. The highest BCUT2D eigenvalue weighted by Crippen LogP contribution is 2.28. The molecule has 1 unspecified atom stereocenters. The summed E-state index contributed by atoms with van der Waals surface area (Å²) in [5, 5.41) is 1.43. The predicted molar refractivity (Wildman–Crippen MR) is 150 cm³/mol. The largest absolute Gasteiger partial charge is 0.350 e. The molecule has 39 heavy (non-hydrogen) atoms. The van der Waals surface area contributed by atoms with E-state index in [1.807, 2.05) is 56.3 Å². The van der Waals surface area contributed by atoms with Crippen molar-refractivity contribution in [2.24, 2.45) is 23.5 Å². The number of amides is 3. The second-order valence-corrected chi connectivity index (χ2v) is 11.2. The lowest BCUT2D eigenvalue weighted by atomic mass is 9.82. The van der Waals surface area contributed by atoms with Crippen molar-refractivity contribution in [2.75, 3.05) is 6.61 Å². The second kappa shape index (κ2) is 15.7. The quantitative estimate of drug-likeness (QED) is 0.342. The van der Waals surface area contributed by atoms with Crippen LogP contribution in [0.1, 0.15) is 84.1 Å². The monoisotopic (exact) mass is 542 g/mol.